The quantitative estimate of drug-likeness (QED) is 0.0226. The molecule has 0 unspecified atom stereocenters. The van der Waals surface area contributed by atoms with Crippen LogP contribution >= 0.6 is 0 Å². The number of aromatic nitrogens is 3. The van der Waals surface area contributed by atoms with Crippen LogP contribution in [0.3, 0.4) is 0 Å². The van der Waals surface area contributed by atoms with Crippen LogP contribution in [0.25, 0.3) is 16.8 Å². The van der Waals surface area contributed by atoms with Gasteiger partial charge in [-0.25, -0.2) is 26.8 Å². The number of para-hydroxylation sites is 1. The molecular formula is C50H33N12Na5O18S4. The molecule has 8 aromatic rings. The van der Waals surface area contributed by atoms with Crippen molar-refractivity contribution >= 4 is 126 Å². The monoisotopic (exact) mass is 1330 g/mol. The molecule has 0 fully saturated rings. The Kier molecular flexibility index (Phi) is 26.5. The van der Waals surface area contributed by atoms with Gasteiger partial charge in [0.25, 0.3) is 20.2 Å². The Morgan fingerprint density at radius 2 is 1.25 bits per heavy atom. The second kappa shape index (κ2) is 30.9. The van der Waals surface area contributed by atoms with E-state index in [1.165, 1.54) is 49.4 Å². The number of aryl methyl sites for hydroxylation is 1. The molecule has 0 aliphatic heterocycles. The first-order valence-electron chi connectivity index (χ1n) is 23.2. The van der Waals surface area contributed by atoms with Gasteiger partial charge in [0.1, 0.15) is 30.9 Å². The number of carbonyl (C=O) groups excluding carboxylic acids is 2. The van der Waals surface area contributed by atoms with Crippen molar-refractivity contribution < 1.29 is 229 Å². The van der Waals surface area contributed by atoms with Gasteiger partial charge in [-0.2, -0.15) is 42.3 Å². The number of anilines is 3. The van der Waals surface area contributed by atoms with Gasteiger partial charge in [-0.05, 0) is 126 Å². The minimum Gasteiger partial charge on any atom is -0.872 e. The van der Waals surface area contributed by atoms with Gasteiger partial charge in [-0.3, -0.25) is 29.3 Å². The van der Waals surface area contributed by atoms with E-state index in [-0.39, 0.29) is 199 Å². The SMILES string of the molecule is COc1cc(N=Nc2cc(S(=O)(=O)[O-])cc3cc(S(=O)(=O)O)cc([O-])c23)c(C)cc1N/N=C1/C(=O)c2c(cc(S(=O)(=O)[O-])cc2N=c2[nH]c(Nc3ccc(N=Nc4ccc([O-])c(C(=O)[O-])c4)cc3)nc(=Nc3ccccc3)[nH]2)C=C1S(=O)(=O)O.[Na+].[Na+].[Na+].[Na+].[Na+]. The summed E-state index contributed by atoms with van der Waals surface area (Å²) in [5.41, 5.74) is -0.713. The Morgan fingerprint density at radius 3 is 1.87 bits per heavy atom. The molecule has 0 spiro atoms. The molecule has 9 rings (SSSR count). The Hall–Kier alpha value is -5.20. The number of carboxylic acid groups (broad SMARTS) is 1. The average Bonchev–Trinajstić information content (AvgIpc) is 0.876. The number of Topliss-reactive ketones (excluding diaryl/α,β-unsaturated/α-hetero) is 1. The number of H-pyrrole nitrogens is 2. The van der Waals surface area contributed by atoms with E-state index in [9.17, 15) is 76.8 Å². The summed E-state index contributed by atoms with van der Waals surface area (Å²) in [5.74, 6) is -5.08. The first-order valence-corrected chi connectivity index (χ1v) is 28.9. The van der Waals surface area contributed by atoms with Crippen LogP contribution in [0.4, 0.5) is 51.4 Å². The summed E-state index contributed by atoms with van der Waals surface area (Å²) in [6, 6.07) is 24.2. The molecule has 1 heterocycles. The fourth-order valence-corrected chi connectivity index (χ4v) is 10.2. The van der Waals surface area contributed by atoms with E-state index in [1.54, 1.807) is 30.3 Å². The van der Waals surface area contributed by atoms with Crippen molar-refractivity contribution in [1.82, 2.24) is 15.0 Å². The number of fused-ring (bicyclic) bond motifs is 2. The molecule has 0 radical (unpaired) electrons. The van der Waals surface area contributed by atoms with Gasteiger partial charge in [0.2, 0.25) is 23.0 Å². The second-order valence-electron chi connectivity index (χ2n) is 17.5. The van der Waals surface area contributed by atoms with E-state index in [0.29, 0.717) is 47.8 Å². The smallest absolute Gasteiger partial charge is 0.872 e. The van der Waals surface area contributed by atoms with Crippen LogP contribution in [-0.4, -0.2) is 91.4 Å². The number of ether oxygens (including phenoxy) is 1. The normalized spacial score (nSPS) is 13.3. The number of ketones is 1. The molecule has 430 valence electrons. The van der Waals surface area contributed by atoms with E-state index in [0.717, 1.165) is 25.3 Å². The van der Waals surface area contributed by atoms with Crippen molar-refractivity contribution in [3.05, 3.63) is 160 Å². The minimum absolute atomic E-state index is 0. The zero-order valence-electron chi connectivity index (χ0n) is 47.3. The van der Waals surface area contributed by atoms with Crippen molar-refractivity contribution in [3.8, 4) is 17.2 Å². The number of aromatic amines is 2. The number of carbonyl (C=O) groups is 2. The second-order valence-corrected chi connectivity index (χ2v) is 23.0. The zero-order valence-corrected chi connectivity index (χ0v) is 60.5. The van der Waals surface area contributed by atoms with Crippen LogP contribution < -0.4 is 190 Å². The first-order chi connectivity index (χ1) is 39.5. The van der Waals surface area contributed by atoms with Crippen LogP contribution in [0.2, 0.25) is 0 Å². The molecule has 0 saturated heterocycles. The number of rotatable bonds is 16. The number of nitrogens with one attached hydrogen (secondary N) is 4. The zero-order chi connectivity index (χ0) is 60.6. The topological polar surface area (TPSA) is 491 Å². The van der Waals surface area contributed by atoms with E-state index in [4.69, 9.17) is 4.74 Å². The van der Waals surface area contributed by atoms with Crippen LogP contribution in [0, 0.1) is 6.92 Å². The molecule has 39 heteroatoms. The summed E-state index contributed by atoms with van der Waals surface area (Å²) < 4.78 is 149. The Bertz CT molecular complexity index is 4880. The summed E-state index contributed by atoms with van der Waals surface area (Å²) >= 11 is 0. The predicted molar refractivity (Wildman–Crippen MR) is 286 cm³/mol. The van der Waals surface area contributed by atoms with Gasteiger partial charge in [0.15, 0.2) is 5.71 Å². The van der Waals surface area contributed by atoms with E-state index in [2.05, 4.69) is 61.2 Å². The van der Waals surface area contributed by atoms with Crippen LogP contribution in [-0.2, 0) is 40.5 Å². The van der Waals surface area contributed by atoms with Crippen molar-refractivity contribution in [2.75, 3.05) is 17.9 Å². The minimum atomic E-state index is -5.43. The van der Waals surface area contributed by atoms with Gasteiger partial charge >= 0.3 is 148 Å². The number of azo groups is 2. The van der Waals surface area contributed by atoms with Crippen LogP contribution in [0.5, 0.6) is 17.2 Å². The molecule has 30 nitrogen and oxygen atoms in total. The number of allylic oxidation sites excluding steroid dienone is 1. The Morgan fingerprint density at radius 1 is 0.640 bits per heavy atom. The summed E-state index contributed by atoms with van der Waals surface area (Å²) in [7, 11) is -19.9. The molecule has 6 N–H and O–H groups in total. The maximum atomic E-state index is 14.7. The Labute approximate surface area is 614 Å². The fourth-order valence-electron chi connectivity index (χ4n) is 7.92. The Balaban J connectivity index is 0.00000339. The summed E-state index contributed by atoms with van der Waals surface area (Å²) in [4.78, 5) is 40.9. The van der Waals surface area contributed by atoms with E-state index >= 15 is 0 Å². The third kappa shape index (κ3) is 18.5. The number of carboxylic acids is 1. The molecule has 0 bridgehead atoms. The molecular weight excluding hydrogens is 1300 g/mol. The number of hydrogen-bond acceptors (Lipinski definition) is 26. The largest absolute Gasteiger partial charge is 1.00 e. The maximum absolute atomic E-state index is 14.7. The van der Waals surface area contributed by atoms with Gasteiger partial charge < -0.3 is 39.3 Å². The third-order valence-corrected chi connectivity index (χ3v) is 15.1. The van der Waals surface area contributed by atoms with Gasteiger partial charge in [-0.15, -0.1) is 5.11 Å². The molecule has 0 atom stereocenters. The predicted octanol–water partition coefficient (Wildman–Crippen LogP) is -10.3. The maximum Gasteiger partial charge on any atom is 1.00 e. The van der Waals surface area contributed by atoms with Gasteiger partial charge in [0, 0.05) is 17.1 Å². The van der Waals surface area contributed by atoms with E-state index < -0.39 is 128 Å². The van der Waals surface area contributed by atoms with Crippen molar-refractivity contribution in [3.63, 3.8) is 0 Å². The number of hydrazone groups is 1. The number of benzene rings is 7. The summed E-state index contributed by atoms with van der Waals surface area (Å²) in [5, 5.41) is 58.5. The number of aromatic carboxylic acids is 1. The third-order valence-electron chi connectivity index (χ3n) is 11.7. The van der Waals surface area contributed by atoms with Crippen molar-refractivity contribution in [2.24, 2.45) is 35.5 Å². The first kappa shape index (κ1) is 76.3. The molecule has 1 aromatic heterocycles. The number of nitrogens with zero attached hydrogens (tertiary/aromatic N) is 8. The van der Waals surface area contributed by atoms with Crippen LogP contribution in [0.15, 0.2) is 176 Å². The fraction of sp³-hybridized carbons (Fsp3) is 0.0400. The average molecular weight is 1330 g/mol. The number of methoxy groups -OCH3 is 1. The van der Waals surface area contributed by atoms with Crippen LogP contribution in [0.1, 0.15) is 31.8 Å². The molecule has 1 aliphatic carbocycles. The van der Waals surface area contributed by atoms with Crippen molar-refractivity contribution in [2.45, 2.75) is 21.6 Å². The molecule has 7 aromatic carbocycles. The number of hydrogen-bond donors (Lipinski definition) is 6. The molecule has 1 aliphatic rings. The van der Waals surface area contributed by atoms with E-state index in [1.807, 2.05) is 0 Å². The molecule has 0 saturated carbocycles. The van der Waals surface area contributed by atoms with Crippen molar-refractivity contribution in [1.29, 1.82) is 0 Å². The van der Waals surface area contributed by atoms with Gasteiger partial charge in [0.05, 0.1) is 73.1 Å². The van der Waals surface area contributed by atoms with Gasteiger partial charge in [-0.1, -0.05) is 35.8 Å². The standard InChI is InChI=1S/C50H38N12O18S4.5Na/c1-24-14-36(41(80-2)23-35(24)59-61-38-21-32(82(71,72)73)15-25-16-33(83(74,75)76)22-40(64)43(25)38)60-62-45-42(84(77,78)79)18-26-17-31(81(68,69)70)20-37(44(26)46(45)65)53-50-55-48(51-27-6-4-3-5-7-27)54-49(56-50)52-28-8-10-29(11-9-28)57-58-30-12-13-39(63)34(19-30)47(66)67;;;;;/h3-23,60,63-64H,1-2H3,(H,66,67)(H,68,69,70)(H,71,72,73)(H,74,75,76)(H,77,78,79)(H3,51,52,53,54,55,56);;;;;/q;5*+1/p-5/b58-57?,61-59?,62-45+;;;;;. The molecule has 0 amide bonds. The molecule has 89 heavy (non-hydrogen) atoms. The summed E-state index contributed by atoms with van der Waals surface area (Å²) in [6.07, 6.45) is 0.666. The summed E-state index contributed by atoms with van der Waals surface area (Å²) in [6.45, 7) is 1.44.